The number of hydrogen-bond acceptors (Lipinski definition) is 14. The summed E-state index contributed by atoms with van der Waals surface area (Å²) in [5, 5.41) is 13.6. The minimum absolute atomic E-state index is 0.0641. The molecule has 10 heterocycles. The molecule has 2 aromatic rings. The lowest BCUT2D eigenvalue weighted by atomic mass is 9.78. The van der Waals surface area contributed by atoms with E-state index < -0.39 is 29.4 Å². The maximum absolute atomic E-state index is 13.0. The summed E-state index contributed by atoms with van der Waals surface area (Å²) in [5.41, 5.74) is -0.0278. The average Bonchev–Trinajstić information content (AvgIpc) is 3.67. The van der Waals surface area contributed by atoms with E-state index in [0.29, 0.717) is 62.8 Å². The molecule has 0 spiro atoms. The maximum atomic E-state index is 13.0. The van der Waals surface area contributed by atoms with Gasteiger partial charge in [0.25, 0.3) is 0 Å². The van der Waals surface area contributed by atoms with Crippen molar-refractivity contribution in [1.29, 1.82) is 0 Å². The number of carbonyl (C=O) groups excluding carboxylic acids is 2. The lowest BCUT2D eigenvalue weighted by Crippen LogP contribution is -2.64. The third-order valence-electron chi connectivity index (χ3n) is 18.0. The van der Waals surface area contributed by atoms with Crippen LogP contribution in [0.3, 0.4) is 0 Å². The van der Waals surface area contributed by atoms with Crippen molar-refractivity contribution in [1.82, 2.24) is 0 Å². The van der Waals surface area contributed by atoms with E-state index in [0.717, 1.165) is 42.0 Å². The van der Waals surface area contributed by atoms with Gasteiger partial charge in [0.15, 0.2) is 0 Å². The molecule has 0 amide bonds. The van der Waals surface area contributed by atoms with Crippen molar-refractivity contribution >= 4 is 22.7 Å². The molecular formula is C60H76O14. The molecule has 10 aliphatic heterocycles. The Bertz CT molecular complexity index is 2490. The first kappa shape index (κ1) is 51.0. The van der Waals surface area contributed by atoms with Gasteiger partial charge in [-0.1, -0.05) is 87.2 Å². The van der Waals surface area contributed by atoms with Crippen molar-refractivity contribution in [3.63, 3.8) is 0 Å². The van der Waals surface area contributed by atoms with Crippen LogP contribution in [0.25, 0.3) is 10.8 Å². The highest BCUT2D eigenvalue weighted by atomic mass is 16.6. The van der Waals surface area contributed by atoms with Crippen LogP contribution < -0.4 is 0 Å². The fourth-order valence-electron chi connectivity index (χ4n) is 14.4. The second kappa shape index (κ2) is 20.9. The van der Waals surface area contributed by atoms with Crippen LogP contribution in [-0.2, 0) is 56.9 Å². The molecule has 0 saturated carbocycles. The highest BCUT2D eigenvalue weighted by molar-refractivity contribution is 5.95. The molecular weight excluding hydrogens is 945 g/mol. The molecule has 22 atom stereocenters. The Kier molecular flexibility index (Phi) is 14.4. The zero-order valence-electron chi connectivity index (χ0n) is 43.4. The van der Waals surface area contributed by atoms with Crippen molar-refractivity contribution < 1.29 is 66.8 Å². The monoisotopic (exact) mass is 1020 g/mol. The number of fused-ring (bicyclic) bond motifs is 10. The van der Waals surface area contributed by atoms with E-state index in [9.17, 15) is 14.7 Å². The third-order valence-corrected chi connectivity index (χ3v) is 18.0. The van der Waals surface area contributed by atoms with Gasteiger partial charge in [-0.3, -0.25) is 4.79 Å². The molecule has 0 aromatic heterocycles. The Morgan fingerprint density at radius 1 is 0.662 bits per heavy atom. The molecule has 0 bridgehead atoms. The minimum Gasteiger partial charge on any atom is -0.459 e. The number of benzene rings is 2. The molecule has 1 N–H and O–H groups in total. The molecule has 7 fully saturated rings. The Hall–Kier alpha value is -3.80. The topological polar surface area (TPSA) is 156 Å². The van der Waals surface area contributed by atoms with E-state index in [1.807, 2.05) is 36.4 Å². The lowest BCUT2D eigenvalue weighted by molar-refractivity contribution is -0.307. The first-order valence-corrected chi connectivity index (χ1v) is 27.8. The molecule has 10 aliphatic rings. The normalized spacial score (nSPS) is 45.9. The average molecular weight is 1020 g/mol. The van der Waals surface area contributed by atoms with Gasteiger partial charge in [-0.25, -0.2) is 4.79 Å². The Balaban J connectivity index is 0.672. The summed E-state index contributed by atoms with van der Waals surface area (Å²) in [6, 6.07) is 13.4. The molecule has 7 saturated heterocycles. The molecule has 9 unspecified atom stereocenters. The highest BCUT2D eigenvalue weighted by Crippen LogP contribution is 2.48. The van der Waals surface area contributed by atoms with E-state index in [1.165, 1.54) is 0 Å². The summed E-state index contributed by atoms with van der Waals surface area (Å²) in [6.45, 7) is 13.1. The number of aliphatic hydroxyl groups excluding tert-OH is 1. The van der Waals surface area contributed by atoms with Crippen molar-refractivity contribution in [2.45, 2.75) is 232 Å². The van der Waals surface area contributed by atoms with Crippen molar-refractivity contribution in [3.8, 4) is 0 Å². The Morgan fingerprint density at radius 3 is 2.27 bits per heavy atom. The zero-order chi connectivity index (χ0) is 50.9. The zero-order valence-corrected chi connectivity index (χ0v) is 43.4. The van der Waals surface area contributed by atoms with Crippen LogP contribution in [0.5, 0.6) is 0 Å². The number of aliphatic hydroxyl groups is 1. The van der Waals surface area contributed by atoms with Gasteiger partial charge in [-0.05, 0) is 106 Å². The van der Waals surface area contributed by atoms with Crippen molar-refractivity contribution in [2.24, 2.45) is 11.8 Å². The second-order valence-electron chi connectivity index (χ2n) is 24.0. The quantitative estimate of drug-likeness (QED) is 0.225. The number of ether oxygens (including phenoxy) is 11. The minimum atomic E-state index is -0.745. The first-order valence-electron chi connectivity index (χ1n) is 27.8. The summed E-state index contributed by atoms with van der Waals surface area (Å²) in [4.78, 5) is 25.3. The third kappa shape index (κ3) is 10.4. The summed E-state index contributed by atoms with van der Waals surface area (Å²) >= 11 is 0. The van der Waals surface area contributed by atoms with Gasteiger partial charge in [0.05, 0.1) is 103 Å². The van der Waals surface area contributed by atoms with Gasteiger partial charge in [-0.2, -0.15) is 0 Å². The summed E-state index contributed by atoms with van der Waals surface area (Å²) < 4.78 is 74.2. The van der Waals surface area contributed by atoms with Crippen molar-refractivity contribution in [3.05, 3.63) is 96.6 Å². The highest BCUT2D eigenvalue weighted by Gasteiger charge is 2.57. The summed E-state index contributed by atoms with van der Waals surface area (Å²) in [5.74, 6) is -0.107. The SMILES string of the molecule is C=C(COC(=O)c1ccc2ccccc2c1)C[C@@H]1C[C@H](O)[C@@H]2O[C@@H]3C[C@]4(C)O[C@@H]5C=CC[C@@H]6O[C@H]7C(CC=CCC6OC5CC=CC4OC3CC2O1)OC1CC2OC3CC(=O)O[C@H]3C[C@@H](C)C[C@@]2(C)O[C@H]1C[C@@H]7C. The number of esters is 2. The molecule has 0 radical (unpaired) electrons. The van der Waals surface area contributed by atoms with Gasteiger partial charge in [-0.15, -0.1) is 0 Å². The van der Waals surface area contributed by atoms with Crippen LogP contribution in [0, 0.1) is 11.8 Å². The van der Waals surface area contributed by atoms with Crippen LogP contribution in [0.4, 0.5) is 0 Å². The summed E-state index contributed by atoms with van der Waals surface area (Å²) in [7, 11) is 0. The Labute approximate surface area is 435 Å². The predicted molar refractivity (Wildman–Crippen MR) is 272 cm³/mol. The van der Waals surface area contributed by atoms with E-state index in [-0.39, 0.29) is 123 Å². The van der Waals surface area contributed by atoms with E-state index in [1.54, 1.807) is 6.07 Å². The van der Waals surface area contributed by atoms with Crippen LogP contribution in [0.2, 0.25) is 0 Å². The largest absolute Gasteiger partial charge is 0.459 e. The smallest absolute Gasteiger partial charge is 0.338 e. The van der Waals surface area contributed by atoms with Gasteiger partial charge in [0.1, 0.15) is 37.1 Å². The standard InChI is InChI=1S/C60H76O14/c1-33-23-46-49(29-55(62)70-46)69-54-28-48-50(74-59(54,4)30-33)24-35(3)56-45(67-48)15-9-8-14-41-42(71-56)16-10-18-44-43(66-41)17-11-19-53-60(5,73-44)31-52-47(68-53)27-51-57(72-52)40(61)26-39(65-51)22-34(2)32-64-58(63)38-21-20-36-12-6-7-13-37(36)25-38/h6-13,18-21,25,33,35,39-54,56-57,61H,2,14-17,22-24,26-32H2,1,3-5H3/t33-,35+,39-,40+,41?,42+,43?,44-,45?,46+,47?,48?,49?,50+,51?,52-,53?,54?,56-,57+,59-,60+/m1/s1. The van der Waals surface area contributed by atoms with Gasteiger partial charge in [0.2, 0.25) is 0 Å². The van der Waals surface area contributed by atoms with Crippen LogP contribution >= 0.6 is 0 Å². The molecule has 74 heavy (non-hydrogen) atoms. The van der Waals surface area contributed by atoms with Crippen molar-refractivity contribution in [2.75, 3.05) is 6.61 Å². The lowest BCUT2D eigenvalue weighted by Gasteiger charge is -2.54. The van der Waals surface area contributed by atoms with E-state index in [4.69, 9.17) is 52.1 Å². The van der Waals surface area contributed by atoms with Gasteiger partial charge < -0.3 is 57.2 Å². The van der Waals surface area contributed by atoms with Gasteiger partial charge >= 0.3 is 11.9 Å². The fourth-order valence-corrected chi connectivity index (χ4v) is 14.4. The second-order valence-corrected chi connectivity index (χ2v) is 24.0. The van der Waals surface area contributed by atoms with Crippen LogP contribution in [0.1, 0.15) is 122 Å². The molecule has 400 valence electrons. The molecule has 0 aliphatic carbocycles. The molecule has 2 aromatic carbocycles. The molecule has 14 heteroatoms. The first-order chi connectivity index (χ1) is 35.7. The number of rotatable bonds is 5. The van der Waals surface area contributed by atoms with Crippen LogP contribution in [0.15, 0.2) is 91.1 Å². The van der Waals surface area contributed by atoms with Gasteiger partial charge in [0, 0.05) is 25.7 Å². The van der Waals surface area contributed by atoms with Crippen LogP contribution in [-0.4, -0.2) is 145 Å². The van der Waals surface area contributed by atoms with E-state index >= 15 is 0 Å². The number of carbonyl (C=O) groups is 2. The number of hydrogen-bond donors (Lipinski definition) is 1. The molecule has 12 rings (SSSR count). The summed E-state index contributed by atoms with van der Waals surface area (Å²) in [6.07, 6.45) is 16.1. The Morgan fingerprint density at radius 2 is 1.41 bits per heavy atom. The maximum Gasteiger partial charge on any atom is 0.338 e. The molecule has 14 nitrogen and oxygen atoms in total. The predicted octanol–water partition coefficient (Wildman–Crippen LogP) is 8.54. The fraction of sp³-hybridized carbons (Fsp3) is 0.667. The van der Waals surface area contributed by atoms with E-state index in [2.05, 4.69) is 70.7 Å².